The Morgan fingerprint density at radius 3 is 2.44 bits per heavy atom. The zero-order chi connectivity index (χ0) is 13.8. The Morgan fingerprint density at radius 1 is 1.28 bits per heavy atom. The van der Waals surface area contributed by atoms with E-state index in [9.17, 15) is 13.2 Å². The molecule has 0 saturated carbocycles. The van der Waals surface area contributed by atoms with Crippen molar-refractivity contribution in [2.75, 3.05) is 18.0 Å². The van der Waals surface area contributed by atoms with Crippen LogP contribution in [0.1, 0.15) is 32.4 Å². The molecule has 1 rings (SSSR count). The first-order valence-corrected chi connectivity index (χ1v) is 6.13. The van der Waals surface area contributed by atoms with E-state index in [1.807, 2.05) is 13.8 Å². The van der Waals surface area contributed by atoms with E-state index in [4.69, 9.17) is 11.6 Å². The Bertz CT molecular complexity index is 396. The Balaban J connectivity index is 3.04. The van der Waals surface area contributed by atoms with Crippen molar-refractivity contribution in [2.24, 2.45) is 0 Å². The van der Waals surface area contributed by atoms with Gasteiger partial charge in [0.15, 0.2) is 5.69 Å². The maximum absolute atomic E-state index is 12.6. The van der Waals surface area contributed by atoms with E-state index in [0.29, 0.717) is 13.1 Å². The third-order valence-corrected chi connectivity index (χ3v) is 2.63. The number of unbranched alkanes of at least 4 members (excludes halogenated alkanes) is 1. The average Bonchev–Trinajstić information content (AvgIpc) is 2.28. The van der Waals surface area contributed by atoms with Gasteiger partial charge in [-0.05, 0) is 24.9 Å². The maximum Gasteiger partial charge on any atom is 0.433 e. The van der Waals surface area contributed by atoms with Crippen molar-refractivity contribution in [3.8, 4) is 0 Å². The van der Waals surface area contributed by atoms with Gasteiger partial charge in [-0.15, -0.1) is 0 Å². The second-order valence-corrected chi connectivity index (χ2v) is 4.15. The van der Waals surface area contributed by atoms with Crippen LogP contribution in [-0.4, -0.2) is 23.1 Å². The molecule has 18 heavy (non-hydrogen) atoms. The summed E-state index contributed by atoms with van der Waals surface area (Å²) in [5.41, 5.74) is -1.01. The molecule has 0 aliphatic carbocycles. The molecule has 0 aromatic carbocycles. The highest BCUT2D eigenvalue weighted by Gasteiger charge is 2.34. The maximum atomic E-state index is 12.6. The standard InChI is InChI=1S/C11H15ClF3N3/c1-3-5-6-18(4-2)9-7-8(11(13,14)15)16-10(12)17-9/h7H,3-6H2,1-2H3. The highest BCUT2D eigenvalue weighted by Crippen LogP contribution is 2.30. The van der Waals surface area contributed by atoms with Crippen LogP contribution < -0.4 is 4.90 Å². The summed E-state index contributed by atoms with van der Waals surface area (Å²) in [6, 6.07) is 0.936. The summed E-state index contributed by atoms with van der Waals surface area (Å²) in [5.74, 6) is 0.221. The molecule has 102 valence electrons. The van der Waals surface area contributed by atoms with Gasteiger partial charge in [-0.1, -0.05) is 13.3 Å². The van der Waals surface area contributed by atoms with Gasteiger partial charge < -0.3 is 4.90 Å². The number of hydrogen-bond acceptors (Lipinski definition) is 3. The van der Waals surface area contributed by atoms with Gasteiger partial charge in [-0.2, -0.15) is 13.2 Å². The monoisotopic (exact) mass is 281 g/mol. The quantitative estimate of drug-likeness (QED) is 0.769. The molecular weight excluding hydrogens is 267 g/mol. The van der Waals surface area contributed by atoms with Crippen LogP contribution in [0.3, 0.4) is 0 Å². The largest absolute Gasteiger partial charge is 0.433 e. The summed E-state index contributed by atoms with van der Waals surface area (Å²) >= 11 is 5.54. The lowest BCUT2D eigenvalue weighted by atomic mass is 10.3. The molecule has 0 fully saturated rings. The minimum Gasteiger partial charge on any atom is -0.357 e. The summed E-state index contributed by atoms with van der Waals surface area (Å²) in [7, 11) is 0. The molecule has 3 nitrogen and oxygen atoms in total. The van der Waals surface area contributed by atoms with E-state index in [1.165, 1.54) is 0 Å². The van der Waals surface area contributed by atoms with Crippen LogP contribution in [0, 0.1) is 0 Å². The molecule has 0 radical (unpaired) electrons. The Kier molecular flexibility index (Phi) is 5.19. The van der Waals surface area contributed by atoms with Gasteiger partial charge >= 0.3 is 6.18 Å². The van der Waals surface area contributed by atoms with Gasteiger partial charge in [0.2, 0.25) is 5.28 Å². The van der Waals surface area contributed by atoms with Crippen LogP contribution >= 0.6 is 11.6 Å². The molecule has 0 bridgehead atoms. The molecule has 7 heteroatoms. The predicted octanol–water partition coefficient (Wildman–Crippen LogP) is 3.78. The first-order valence-electron chi connectivity index (χ1n) is 5.75. The normalized spacial score (nSPS) is 11.7. The number of rotatable bonds is 5. The summed E-state index contributed by atoms with van der Waals surface area (Å²) < 4.78 is 37.8. The Morgan fingerprint density at radius 2 is 1.94 bits per heavy atom. The van der Waals surface area contributed by atoms with Crippen molar-refractivity contribution in [1.29, 1.82) is 0 Å². The molecule has 0 spiro atoms. The third kappa shape index (κ3) is 4.01. The van der Waals surface area contributed by atoms with E-state index in [0.717, 1.165) is 18.9 Å². The van der Waals surface area contributed by atoms with Gasteiger partial charge in [-0.25, -0.2) is 9.97 Å². The van der Waals surface area contributed by atoms with Gasteiger partial charge in [0.05, 0.1) is 0 Å². The molecule has 1 heterocycles. The van der Waals surface area contributed by atoms with Gasteiger partial charge in [-0.3, -0.25) is 0 Å². The number of nitrogens with zero attached hydrogens (tertiary/aromatic N) is 3. The number of hydrogen-bond donors (Lipinski definition) is 0. The molecule has 0 unspecified atom stereocenters. The minimum atomic E-state index is -4.51. The van der Waals surface area contributed by atoms with Gasteiger partial charge in [0, 0.05) is 19.2 Å². The van der Waals surface area contributed by atoms with Crippen LogP contribution in [-0.2, 0) is 6.18 Å². The van der Waals surface area contributed by atoms with Crippen molar-refractivity contribution in [3.05, 3.63) is 17.0 Å². The average molecular weight is 282 g/mol. The lowest BCUT2D eigenvalue weighted by molar-refractivity contribution is -0.141. The smallest absolute Gasteiger partial charge is 0.357 e. The van der Waals surface area contributed by atoms with Crippen molar-refractivity contribution in [2.45, 2.75) is 32.9 Å². The fourth-order valence-electron chi connectivity index (χ4n) is 1.50. The molecule has 0 amide bonds. The minimum absolute atomic E-state index is 0.221. The summed E-state index contributed by atoms with van der Waals surface area (Å²) in [6.45, 7) is 5.10. The van der Waals surface area contributed by atoms with E-state index in [2.05, 4.69) is 9.97 Å². The Hall–Kier alpha value is -1.04. The Labute approximate surface area is 109 Å². The van der Waals surface area contributed by atoms with E-state index in [-0.39, 0.29) is 11.1 Å². The van der Waals surface area contributed by atoms with Crippen LogP contribution in [0.25, 0.3) is 0 Å². The van der Waals surface area contributed by atoms with Crippen molar-refractivity contribution in [3.63, 3.8) is 0 Å². The van der Waals surface area contributed by atoms with Crippen LogP contribution in [0.4, 0.5) is 19.0 Å². The van der Waals surface area contributed by atoms with Crippen molar-refractivity contribution in [1.82, 2.24) is 9.97 Å². The number of alkyl halides is 3. The van der Waals surface area contributed by atoms with E-state index in [1.54, 1.807) is 4.90 Å². The molecule has 0 saturated heterocycles. The van der Waals surface area contributed by atoms with Crippen molar-refractivity contribution >= 4 is 17.4 Å². The van der Waals surface area contributed by atoms with Crippen LogP contribution in [0.5, 0.6) is 0 Å². The molecule has 0 N–H and O–H groups in total. The third-order valence-electron chi connectivity index (χ3n) is 2.46. The summed E-state index contributed by atoms with van der Waals surface area (Å²) in [5, 5.41) is -0.380. The fourth-order valence-corrected chi connectivity index (χ4v) is 1.67. The van der Waals surface area contributed by atoms with Crippen molar-refractivity contribution < 1.29 is 13.2 Å². The summed E-state index contributed by atoms with van der Waals surface area (Å²) in [6.07, 6.45) is -2.66. The topological polar surface area (TPSA) is 29.0 Å². The molecule has 0 atom stereocenters. The molecular formula is C11H15ClF3N3. The van der Waals surface area contributed by atoms with Gasteiger partial charge in [0.25, 0.3) is 0 Å². The lowest BCUT2D eigenvalue weighted by Crippen LogP contribution is -2.25. The van der Waals surface area contributed by atoms with E-state index >= 15 is 0 Å². The van der Waals surface area contributed by atoms with Crippen LogP contribution in [0.2, 0.25) is 5.28 Å². The number of aromatic nitrogens is 2. The van der Waals surface area contributed by atoms with E-state index < -0.39 is 11.9 Å². The fraction of sp³-hybridized carbons (Fsp3) is 0.636. The second kappa shape index (κ2) is 6.22. The molecule has 0 aliphatic heterocycles. The first-order chi connectivity index (χ1) is 8.38. The van der Waals surface area contributed by atoms with Crippen LogP contribution in [0.15, 0.2) is 6.07 Å². The second-order valence-electron chi connectivity index (χ2n) is 3.81. The number of halogens is 4. The van der Waals surface area contributed by atoms with Gasteiger partial charge in [0.1, 0.15) is 5.82 Å². The predicted molar refractivity (Wildman–Crippen MR) is 64.8 cm³/mol. The summed E-state index contributed by atoms with van der Waals surface area (Å²) in [4.78, 5) is 8.81. The lowest BCUT2D eigenvalue weighted by Gasteiger charge is -2.22. The highest BCUT2D eigenvalue weighted by molar-refractivity contribution is 6.28. The zero-order valence-corrected chi connectivity index (χ0v) is 11.0. The molecule has 1 aromatic rings. The number of anilines is 1. The molecule has 1 aromatic heterocycles. The SMILES string of the molecule is CCCCN(CC)c1cc(C(F)(F)F)nc(Cl)n1. The zero-order valence-electron chi connectivity index (χ0n) is 10.3. The highest BCUT2D eigenvalue weighted by atomic mass is 35.5. The molecule has 0 aliphatic rings. The first kappa shape index (κ1) is 15.0.